The Kier molecular flexibility index (Phi) is 5.74. The Morgan fingerprint density at radius 1 is 1.16 bits per heavy atom. The molecule has 0 spiro atoms. The first kappa shape index (κ1) is 22.3. The van der Waals surface area contributed by atoms with Crippen LogP contribution in [0.15, 0.2) is 30.5 Å². The van der Waals surface area contributed by atoms with Crippen LogP contribution in [0.3, 0.4) is 0 Å². The van der Waals surface area contributed by atoms with Crippen LogP contribution in [0.4, 0.5) is 13.2 Å². The maximum Gasteiger partial charge on any atom is 0.416 e. The zero-order chi connectivity index (χ0) is 23.1. The number of sulfone groups is 1. The topological polar surface area (TPSA) is 110 Å². The van der Waals surface area contributed by atoms with Crippen molar-refractivity contribution in [2.75, 3.05) is 11.5 Å². The maximum atomic E-state index is 13.1. The summed E-state index contributed by atoms with van der Waals surface area (Å²) in [6.07, 6.45) is -1.33. The van der Waals surface area contributed by atoms with Gasteiger partial charge in [0, 0.05) is 12.3 Å². The van der Waals surface area contributed by atoms with Gasteiger partial charge in [-0.05, 0) is 43.4 Å². The van der Waals surface area contributed by atoms with Crippen LogP contribution in [0, 0.1) is 5.92 Å². The first-order valence-corrected chi connectivity index (χ1v) is 11.9. The van der Waals surface area contributed by atoms with E-state index in [9.17, 15) is 31.2 Å². The molecular weight excluding hydrogens is 449 g/mol. The summed E-state index contributed by atoms with van der Waals surface area (Å²) in [6.45, 7) is 0. The lowest BCUT2D eigenvalue weighted by atomic mass is 10.1. The van der Waals surface area contributed by atoms with E-state index in [4.69, 9.17) is 0 Å². The molecule has 32 heavy (non-hydrogen) atoms. The van der Waals surface area contributed by atoms with Crippen LogP contribution in [-0.4, -0.2) is 41.5 Å². The monoisotopic (exact) mass is 470 g/mol. The van der Waals surface area contributed by atoms with E-state index in [0.29, 0.717) is 12.1 Å². The van der Waals surface area contributed by atoms with Crippen LogP contribution in [0.25, 0.3) is 5.69 Å². The normalized spacial score (nSPS) is 20.2. The van der Waals surface area contributed by atoms with Crippen molar-refractivity contribution in [3.8, 4) is 5.69 Å². The van der Waals surface area contributed by atoms with Gasteiger partial charge < -0.3 is 0 Å². The summed E-state index contributed by atoms with van der Waals surface area (Å²) in [4.78, 5) is 24.7. The molecule has 4 rings (SSSR count). The second-order valence-corrected chi connectivity index (χ2v) is 10.4. The predicted molar refractivity (Wildman–Crippen MR) is 108 cm³/mol. The van der Waals surface area contributed by atoms with Gasteiger partial charge in [0.2, 0.25) is 5.91 Å². The summed E-state index contributed by atoms with van der Waals surface area (Å²) < 4.78 is 63.6. The van der Waals surface area contributed by atoms with Crippen molar-refractivity contribution in [1.29, 1.82) is 0 Å². The van der Waals surface area contributed by atoms with Crippen molar-refractivity contribution in [3.05, 3.63) is 47.3 Å². The van der Waals surface area contributed by atoms with E-state index in [1.54, 1.807) is 0 Å². The van der Waals surface area contributed by atoms with Gasteiger partial charge in [-0.1, -0.05) is 6.07 Å². The molecule has 1 aliphatic carbocycles. The highest BCUT2D eigenvalue weighted by Gasteiger charge is 2.35. The molecule has 2 heterocycles. The highest BCUT2D eigenvalue weighted by atomic mass is 32.2. The van der Waals surface area contributed by atoms with Crippen molar-refractivity contribution < 1.29 is 31.2 Å². The third-order valence-electron chi connectivity index (χ3n) is 5.55. The van der Waals surface area contributed by atoms with E-state index in [1.165, 1.54) is 23.0 Å². The molecule has 172 valence electrons. The first-order valence-electron chi connectivity index (χ1n) is 10.1. The first-order chi connectivity index (χ1) is 15.0. The Hall–Kier alpha value is -2.89. The number of halogens is 3. The molecule has 1 atom stereocenters. The number of alkyl halides is 3. The molecule has 2 amide bonds. The Morgan fingerprint density at radius 3 is 2.53 bits per heavy atom. The number of hydrazine groups is 1. The number of carbonyl (C=O) groups is 2. The molecule has 1 aromatic heterocycles. The molecule has 2 aromatic rings. The number of hydrogen-bond acceptors (Lipinski definition) is 5. The SMILES string of the molecule is O=C(CC1CCS(=O)(=O)C1)NNC(=O)c1cnn(-c2cccc(C(F)(F)F)c2)c1C1CC1. The van der Waals surface area contributed by atoms with E-state index < -0.39 is 33.4 Å². The van der Waals surface area contributed by atoms with Crippen molar-refractivity contribution in [2.45, 2.75) is 37.8 Å². The minimum Gasteiger partial charge on any atom is -0.273 e. The second-order valence-electron chi connectivity index (χ2n) is 8.15. The summed E-state index contributed by atoms with van der Waals surface area (Å²) in [5.74, 6) is -1.47. The van der Waals surface area contributed by atoms with Crippen molar-refractivity contribution in [2.24, 2.45) is 5.92 Å². The number of carbonyl (C=O) groups excluding carboxylic acids is 2. The zero-order valence-electron chi connectivity index (χ0n) is 16.9. The summed E-state index contributed by atoms with van der Waals surface area (Å²) in [6, 6.07) is 4.69. The molecule has 2 fully saturated rings. The molecule has 1 unspecified atom stereocenters. The molecule has 0 bridgehead atoms. The number of benzene rings is 1. The quantitative estimate of drug-likeness (QED) is 0.652. The highest BCUT2D eigenvalue weighted by Crippen LogP contribution is 2.42. The molecule has 8 nitrogen and oxygen atoms in total. The summed E-state index contributed by atoms with van der Waals surface area (Å²) in [5.41, 5.74) is 4.59. The van der Waals surface area contributed by atoms with Crippen LogP contribution in [0.1, 0.15) is 53.2 Å². The molecule has 2 N–H and O–H groups in total. The number of rotatable bonds is 5. The molecular formula is C20H21F3N4O4S. The van der Waals surface area contributed by atoms with Gasteiger partial charge in [-0.25, -0.2) is 13.1 Å². The van der Waals surface area contributed by atoms with Crippen molar-refractivity contribution in [3.63, 3.8) is 0 Å². The number of aromatic nitrogens is 2. The summed E-state index contributed by atoms with van der Waals surface area (Å²) in [5, 5.41) is 4.13. The summed E-state index contributed by atoms with van der Waals surface area (Å²) >= 11 is 0. The smallest absolute Gasteiger partial charge is 0.273 e. The van der Waals surface area contributed by atoms with E-state index in [1.807, 2.05) is 0 Å². The minimum absolute atomic E-state index is 0.0211. The van der Waals surface area contributed by atoms with Gasteiger partial charge in [-0.3, -0.25) is 20.4 Å². The fourth-order valence-corrected chi connectivity index (χ4v) is 5.70. The van der Waals surface area contributed by atoms with Gasteiger partial charge in [-0.2, -0.15) is 18.3 Å². The van der Waals surface area contributed by atoms with Gasteiger partial charge in [0.05, 0.1) is 40.2 Å². The van der Waals surface area contributed by atoms with E-state index in [2.05, 4.69) is 16.0 Å². The highest BCUT2D eigenvalue weighted by molar-refractivity contribution is 7.91. The lowest BCUT2D eigenvalue weighted by Gasteiger charge is -2.13. The van der Waals surface area contributed by atoms with E-state index in [0.717, 1.165) is 25.0 Å². The molecule has 0 radical (unpaired) electrons. The second kappa shape index (κ2) is 8.23. The average molecular weight is 470 g/mol. The molecule has 1 aliphatic heterocycles. The minimum atomic E-state index is -4.51. The Bertz CT molecular complexity index is 1160. The Labute approximate surface area is 182 Å². The fourth-order valence-electron chi connectivity index (χ4n) is 3.84. The zero-order valence-corrected chi connectivity index (χ0v) is 17.7. The number of nitrogens with one attached hydrogen (secondary N) is 2. The largest absolute Gasteiger partial charge is 0.416 e. The van der Waals surface area contributed by atoms with Crippen LogP contribution < -0.4 is 10.9 Å². The molecule has 1 aromatic carbocycles. The van der Waals surface area contributed by atoms with Gasteiger partial charge in [0.25, 0.3) is 5.91 Å². The van der Waals surface area contributed by atoms with Crippen molar-refractivity contribution >= 4 is 21.7 Å². The number of nitrogens with zero attached hydrogens (tertiary/aromatic N) is 2. The molecule has 2 aliphatic rings. The molecule has 12 heteroatoms. The van der Waals surface area contributed by atoms with Crippen LogP contribution in [0.2, 0.25) is 0 Å². The van der Waals surface area contributed by atoms with E-state index >= 15 is 0 Å². The number of hydrogen-bond donors (Lipinski definition) is 2. The lowest BCUT2D eigenvalue weighted by molar-refractivity contribution is -0.137. The Balaban J connectivity index is 1.47. The molecule has 1 saturated heterocycles. The van der Waals surface area contributed by atoms with Gasteiger partial charge in [-0.15, -0.1) is 0 Å². The molecule has 1 saturated carbocycles. The van der Waals surface area contributed by atoms with Gasteiger partial charge >= 0.3 is 6.18 Å². The average Bonchev–Trinajstić information content (AvgIpc) is 3.37. The van der Waals surface area contributed by atoms with E-state index in [-0.39, 0.29) is 41.0 Å². The predicted octanol–water partition coefficient (Wildman–Crippen LogP) is 2.35. The summed E-state index contributed by atoms with van der Waals surface area (Å²) in [7, 11) is -3.11. The van der Waals surface area contributed by atoms with Crippen LogP contribution in [-0.2, 0) is 20.8 Å². The number of amides is 2. The maximum absolute atomic E-state index is 13.1. The van der Waals surface area contributed by atoms with Crippen molar-refractivity contribution in [1.82, 2.24) is 20.6 Å². The van der Waals surface area contributed by atoms with Gasteiger partial charge in [0.15, 0.2) is 9.84 Å². The standard InChI is InChI=1S/C20H21F3N4O4S/c21-20(22,23)14-2-1-3-15(9-14)27-18(13-4-5-13)16(10-24-27)19(29)26-25-17(28)8-12-6-7-32(30,31)11-12/h1-3,9-10,12-13H,4-8,11H2,(H,25,28)(H,26,29). The van der Waals surface area contributed by atoms with Crippen LogP contribution in [0.5, 0.6) is 0 Å². The fraction of sp³-hybridized carbons (Fsp3) is 0.450. The van der Waals surface area contributed by atoms with Gasteiger partial charge in [0.1, 0.15) is 0 Å². The Morgan fingerprint density at radius 2 is 1.91 bits per heavy atom. The third-order valence-corrected chi connectivity index (χ3v) is 7.39. The lowest BCUT2D eigenvalue weighted by Crippen LogP contribution is -2.42. The third kappa shape index (κ3) is 4.95. The van der Waals surface area contributed by atoms with Crippen LogP contribution >= 0.6 is 0 Å².